The fourth-order valence-corrected chi connectivity index (χ4v) is 2.22. The first-order valence-electron chi connectivity index (χ1n) is 7.29. The number of fused-ring (bicyclic) bond motifs is 1. The van der Waals surface area contributed by atoms with Crippen LogP contribution < -0.4 is 5.32 Å². The second-order valence-electron chi connectivity index (χ2n) is 5.10. The van der Waals surface area contributed by atoms with Crippen molar-refractivity contribution in [1.82, 2.24) is 30.1 Å². The molecule has 124 valence electrons. The average molecular weight is 327 g/mol. The molecule has 0 saturated heterocycles. The summed E-state index contributed by atoms with van der Waals surface area (Å²) in [5.74, 6) is 0. The quantitative estimate of drug-likeness (QED) is 0.389. The van der Waals surface area contributed by atoms with E-state index in [1.165, 1.54) is 0 Å². The van der Waals surface area contributed by atoms with Crippen molar-refractivity contribution in [1.29, 1.82) is 5.41 Å². The van der Waals surface area contributed by atoms with Crippen molar-refractivity contribution in [2.75, 3.05) is 13.2 Å². The van der Waals surface area contributed by atoms with Crippen molar-refractivity contribution >= 4 is 17.3 Å². The lowest BCUT2D eigenvalue weighted by Crippen LogP contribution is -2.32. The van der Waals surface area contributed by atoms with Gasteiger partial charge in [0.05, 0.1) is 54.8 Å². The van der Waals surface area contributed by atoms with Crippen LogP contribution in [0.15, 0.2) is 37.1 Å². The van der Waals surface area contributed by atoms with E-state index < -0.39 is 6.04 Å². The van der Waals surface area contributed by atoms with Crippen LogP contribution in [0.1, 0.15) is 5.69 Å². The molecule has 0 atom stereocenters. The number of hydrogen-bond donors (Lipinski definition) is 5. The molecule has 0 aliphatic heterocycles. The maximum atomic E-state index is 9.12. The number of aliphatic hydroxyl groups is 2. The molecular formula is C15H17N7O2. The molecule has 0 aromatic carbocycles. The zero-order chi connectivity index (χ0) is 16.9. The number of allylic oxidation sites excluding steroid dienone is 1. The van der Waals surface area contributed by atoms with E-state index in [-0.39, 0.29) is 13.2 Å². The fourth-order valence-electron chi connectivity index (χ4n) is 2.22. The lowest BCUT2D eigenvalue weighted by molar-refractivity contribution is 0.180. The van der Waals surface area contributed by atoms with Gasteiger partial charge in [0.2, 0.25) is 0 Å². The average Bonchev–Trinajstić information content (AvgIpc) is 3.29. The SMILES string of the molecule is N=C/C(=C\NC(CO)CO)c1cn2nccc2c(-c2cn[nH]c2)n1. The summed E-state index contributed by atoms with van der Waals surface area (Å²) < 4.78 is 1.68. The normalized spacial score (nSPS) is 12.0. The molecule has 5 N–H and O–H groups in total. The van der Waals surface area contributed by atoms with Crippen LogP contribution >= 0.6 is 0 Å². The zero-order valence-electron chi connectivity index (χ0n) is 12.7. The maximum Gasteiger partial charge on any atom is 0.0999 e. The van der Waals surface area contributed by atoms with Gasteiger partial charge in [-0.3, -0.25) is 5.10 Å². The van der Waals surface area contributed by atoms with E-state index in [1.807, 2.05) is 6.07 Å². The maximum absolute atomic E-state index is 9.12. The third-order valence-electron chi connectivity index (χ3n) is 3.53. The summed E-state index contributed by atoms with van der Waals surface area (Å²) in [5.41, 5.74) is 3.33. The number of aromatic nitrogens is 5. The topological polar surface area (TPSA) is 135 Å². The van der Waals surface area contributed by atoms with Gasteiger partial charge in [-0.2, -0.15) is 10.2 Å². The first-order chi connectivity index (χ1) is 11.8. The van der Waals surface area contributed by atoms with Gasteiger partial charge in [0.1, 0.15) is 0 Å². The molecule has 0 aliphatic carbocycles. The Balaban J connectivity index is 2.05. The number of H-pyrrole nitrogens is 1. The molecule has 0 amide bonds. The number of aromatic amines is 1. The van der Waals surface area contributed by atoms with Gasteiger partial charge < -0.3 is 20.9 Å². The summed E-state index contributed by atoms with van der Waals surface area (Å²) in [6.45, 7) is -0.436. The van der Waals surface area contributed by atoms with Crippen LogP contribution in [-0.4, -0.2) is 60.5 Å². The molecule has 0 spiro atoms. The van der Waals surface area contributed by atoms with Gasteiger partial charge in [-0.25, -0.2) is 9.50 Å². The Morgan fingerprint density at radius 1 is 1.42 bits per heavy atom. The van der Waals surface area contributed by atoms with Crippen molar-refractivity contribution in [3.05, 3.63) is 42.7 Å². The number of aliphatic hydroxyl groups excluding tert-OH is 2. The Morgan fingerprint density at radius 2 is 2.25 bits per heavy atom. The van der Waals surface area contributed by atoms with Crippen molar-refractivity contribution in [2.45, 2.75) is 6.04 Å². The smallest absolute Gasteiger partial charge is 0.0999 e. The van der Waals surface area contributed by atoms with Gasteiger partial charge in [-0.1, -0.05) is 0 Å². The van der Waals surface area contributed by atoms with Crippen molar-refractivity contribution in [3.8, 4) is 11.3 Å². The minimum atomic E-state index is -0.498. The van der Waals surface area contributed by atoms with Gasteiger partial charge in [-0.05, 0) is 6.07 Å². The Bertz CT molecular complexity index is 850. The van der Waals surface area contributed by atoms with Gasteiger partial charge in [0.15, 0.2) is 0 Å². The third-order valence-corrected chi connectivity index (χ3v) is 3.53. The van der Waals surface area contributed by atoms with Crippen LogP contribution in [0.4, 0.5) is 0 Å². The standard InChI is InChI=1S/C15H17N7O2/c16-3-10(4-17-12(8-23)9-24)13-7-22-14(1-2-20-22)15(21-13)11-5-18-19-6-11/h1-7,12,16-17,23-24H,8-9H2,(H,18,19)/b10-4+,16-3?. The first kappa shape index (κ1) is 15.8. The summed E-state index contributed by atoms with van der Waals surface area (Å²) in [7, 11) is 0. The molecule has 9 nitrogen and oxygen atoms in total. The second-order valence-corrected chi connectivity index (χ2v) is 5.10. The Labute approximate surface area is 137 Å². The molecule has 9 heteroatoms. The van der Waals surface area contributed by atoms with Gasteiger partial charge in [0, 0.05) is 29.7 Å². The fraction of sp³-hybridized carbons (Fsp3) is 0.200. The van der Waals surface area contributed by atoms with Crippen molar-refractivity contribution in [2.24, 2.45) is 0 Å². The second kappa shape index (κ2) is 7.02. The first-order valence-corrected chi connectivity index (χ1v) is 7.29. The van der Waals surface area contributed by atoms with E-state index in [0.717, 1.165) is 17.3 Å². The van der Waals surface area contributed by atoms with E-state index >= 15 is 0 Å². The highest BCUT2D eigenvalue weighted by Gasteiger charge is 2.12. The Hall–Kier alpha value is -3.04. The van der Waals surface area contributed by atoms with E-state index in [0.29, 0.717) is 17.0 Å². The molecule has 0 unspecified atom stereocenters. The third kappa shape index (κ3) is 3.03. The van der Waals surface area contributed by atoms with Crippen molar-refractivity contribution in [3.63, 3.8) is 0 Å². The molecule has 0 saturated carbocycles. The van der Waals surface area contributed by atoms with E-state index in [4.69, 9.17) is 15.6 Å². The molecule has 0 radical (unpaired) electrons. The molecule has 0 bridgehead atoms. The van der Waals surface area contributed by atoms with Crippen LogP contribution in [0, 0.1) is 5.41 Å². The molecule has 0 aliphatic rings. The minimum Gasteiger partial charge on any atom is -0.394 e. The molecule has 0 fully saturated rings. The van der Waals surface area contributed by atoms with Gasteiger partial charge in [-0.15, -0.1) is 0 Å². The van der Waals surface area contributed by atoms with Gasteiger partial charge >= 0.3 is 0 Å². The minimum absolute atomic E-state index is 0.218. The molecule has 3 aromatic rings. The summed E-state index contributed by atoms with van der Waals surface area (Å²) in [5, 5.41) is 39.7. The van der Waals surface area contributed by atoms with Crippen LogP contribution in [-0.2, 0) is 0 Å². The van der Waals surface area contributed by atoms with Gasteiger partial charge in [0.25, 0.3) is 0 Å². The Morgan fingerprint density at radius 3 is 2.92 bits per heavy atom. The number of hydrogen-bond acceptors (Lipinski definition) is 7. The lowest BCUT2D eigenvalue weighted by Gasteiger charge is -2.12. The molecule has 24 heavy (non-hydrogen) atoms. The summed E-state index contributed by atoms with van der Waals surface area (Å²) in [4.78, 5) is 4.61. The van der Waals surface area contributed by atoms with Crippen LogP contribution in [0.3, 0.4) is 0 Å². The molecule has 3 aromatic heterocycles. The monoisotopic (exact) mass is 327 g/mol. The van der Waals surface area contributed by atoms with Crippen molar-refractivity contribution < 1.29 is 10.2 Å². The predicted molar refractivity (Wildman–Crippen MR) is 88.4 cm³/mol. The largest absolute Gasteiger partial charge is 0.394 e. The summed E-state index contributed by atoms with van der Waals surface area (Å²) in [6, 6.07) is 1.35. The highest BCUT2D eigenvalue weighted by molar-refractivity contribution is 6.07. The van der Waals surface area contributed by atoms with Crippen LogP contribution in [0.25, 0.3) is 22.3 Å². The van der Waals surface area contributed by atoms with Crippen LogP contribution in [0.5, 0.6) is 0 Å². The lowest BCUT2D eigenvalue weighted by atomic mass is 10.1. The molecular weight excluding hydrogens is 310 g/mol. The summed E-state index contributed by atoms with van der Waals surface area (Å²) >= 11 is 0. The zero-order valence-corrected chi connectivity index (χ0v) is 12.7. The molecule has 3 rings (SSSR count). The van der Waals surface area contributed by atoms with Crippen LogP contribution in [0.2, 0.25) is 0 Å². The molecule has 3 heterocycles. The highest BCUT2D eigenvalue weighted by Crippen LogP contribution is 2.23. The number of nitrogens with zero attached hydrogens (tertiary/aromatic N) is 4. The number of nitrogens with one attached hydrogen (secondary N) is 3. The predicted octanol–water partition coefficient (Wildman–Crippen LogP) is 0.0527. The summed E-state index contributed by atoms with van der Waals surface area (Å²) in [6.07, 6.45) is 9.47. The number of rotatable bonds is 7. The Kier molecular flexibility index (Phi) is 4.64. The van der Waals surface area contributed by atoms with E-state index in [2.05, 4.69) is 25.6 Å². The highest BCUT2D eigenvalue weighted by atomic mass is 16.3. The van der Waals surface area contributed by atoms with E-state index in [1.54, 1.807) is 35.5 Å². The van der Waals surface area contributed by atoms with E-state index in [9.17, 15) is 0 Å².